The van der Waals surface area contributed by atoms with Crippen LogP contribution in [0.5, 0.6) is 0 Å². The second kappa shape index (κ2) is 4.87. The minimum Gasteiger partial charge on any atom is -0.361 e. The molecule has 1 aliphatic rings. The van der Waals surface area contributed by atoms with Crippen LogP contribution in [0.3, 0.4) is 0 Å². The molecule has 0 aromatic carbocycles. The van der Waals surface area contributed by atoms with E-state index in [0.29, 0.717) is 43.1 Å². The van der Waals surface area contributed by atoms with E-state index in [9.17, 15) is 9.59 Å². The van der Waals surface area contributed by atoms with Crippen molar-refractivity contribution in [2.24, 2.45) is 7.05 Å². The molecule has 112 valence electrons. The van der Waals surface area contributed by atoms with Crippen molar-refractivity contribution < 1.29 is 9.32 Å². The third kappa shape index (κ3) is 2.16. The van der Waals surface area contributed by atoms with E-state index in [-0.39, 0.29) is 11.6 Å². The van der Waals surface area contributed by atoms with Gasteiger partial charge in [-0.2, -0.15) is 5.10 Å². The predicted octanol–water partition coefficient (Wildman–Crippen LogP) is -0.115. The molecule has 0 atom stereocenters. The van der Waals surface area contributed by atoms with Gasteiger partial charge in [0.2, 0.25) is 0 Å². The maximum atomic E-state index is 12.6. The number of aromatic nitrogens is 4. The van der Waals surface area contributed by atoms with E-state index in [4.69, 9.17) is 4.52 Å². The largest absolute Gasteiger partial charge is 0.361 e. The Balaban J connectivity index is 1.84. The molecule has 0 aliphatic carbocycles. The Morgan fingerprint density at radius 2 is 2.00 bits per heavy atom. The Hall–Kier alpha value is -2.38. The summed E-state index contributed by atoms with van der Waals surface area (Å²) in [7, 11) is 1.64. The van der Waals surface area contributed by atoms with E-state index in [1.807, 2.05) is 0 Å². The molecule has 0 N–H and O–H groups in total. The van der Waals surface area contributed by atoms with Gasteiger partial charge in [0.1, 0.15) is 17.1 Å². The van der Waals surface area contributed by atoms with Crippen LogP contribution in [0.1, 0.15) is 27.6 Å². The van der Waals surface area contributed by atoms with E-state index >= 15 is 0 Å². The summed E-state index contributed by atoms with van der Waals surface area (Å²) < 4.78 is 8.01. The highest BCUT2D eigenvalue weighted by atomic mass is 16.5. The molecule has 8 heteroatoms. The summed E-state index contributed by atoms with van der Waals surface area (Å²) in [6, 6.07) is 0. The minimum atomic E-state index is -0.142. The number of hydrogen-bond donors (Lipinski definition) is 0. The number of fused-ring (bicyclic) bond motifs is 1. The molecule has 21 heavy (non-hydrogen) atoms. The van der Waals surface area contributed by atoms with E-state index in [1.165, 1.54) is 4.68 Å². The van der Waals surface area contributed by atoms with E-state index in [0.717, 1.165) is 5.82 Å². The van der Waals surface area contributed by atoms with Crippen molar-refractivity contribution in [3.63, 3.8) is 0 Å². The van der Waals surface area contributed by atoms with Crippen LogP contribution in [-0.2, 0) is 20.0 Å². The van der Waals surface area contributed by atoms with Gasteiger partial charge in [-0.05, 0) is 13.8 Å². The Morgan fingerprint density at radius 1 is 1.24 bits per heavy atom. The number of nitrogens with zero attached hydrogens (tertiary/aromatic N) is 5. The first-order valence-corrected chi connectivity index (χ1v) is 6.84. The van der Waals surface area contributed by atoms with Gasteiger partial charge in [-0.15, -0.1) is 0 Å². The summed E-state index contributed by atoms with van der Waals surface area (Å²) >= 11 is 0. The van der Waals surface area contributed by atoms with Gasteiger partial charge in [0.25, 0.3) is 5.91 Å². The number of carbonyl (C=O) groups is 1. The molecule has 1 aliphatic heterocycles. The number of rotatable bonds is 1. The van der Waals surface area contributed by atoms with E-state index in [1.54, 1.807) is 30.4 Å². The van der Waals surface area contributed by atoms with Crippen molar-refractivity contribution in [2.45, 2.75) is 26.8 Å². The SMILES string of the molecule is Cc1noc(C)c1C(=O)N1CCc2nn(C)c(=O)n2CC1. The second-order valence-electron chi connectivity index (χ2n) is 5.22. The number of carbonyl (C=O) groups excluding carboxylic acids is 1. The van der Waals surface area contributed by atoms with Gasteiger partial charge in [-0.25, -0.2) is 9.48 Å². The molecule has 0 radical (unpaired) electrons. The molecule has 0 spiro atoms. The molecule has 3 rings (SSSR count). The van der Waals surface area contributed by atoms with Crippen molar-refractivity contribution in [1.29, 1.82) is 0 Å². The summed E-state index contributed by atoms with van der Waals surface area (Å²) in [6.45, 7) is 4.94. The zero-order chi connectivity index (χ0) is 15.1. The van der Waals surface area contributed by atoms with Gasteiger partial charge in [0, 0.05) is 33.1 Å². The summed E-state index contributed by atoms with van der Waals surface area (Å²) in [6.07, 6.45) is 0.561. The Morgan fingerprint density at radius 3 is 2.67 bits per heavy atom. The molecule has 0 fully saturated rings. The first kappa shape index (κ1) is 13.6. The molecule has 0 bridgehead atoms. The molecule has 2 aromatic rings. The topological polar surface area (TPSA) is 86.2 Å². The van der Waals surface area contributed by atoms with E-state index < -0.39 is 0 Å². The van der Waals surface area contributed by atoms with Crippen molar-refractivity contribution >= 4 is 5.91 Å². The average Bonchev–Trinajstić information content (AvgIpc) is 2.82. The Kier molecular flexibility index (Phi) is 3.15. The van der Waals surface area contributed by atoms with Crippen molar-refractivity contribution in [1.82, 2.24) is 24.4 Å². The van der Waals surface area contributed by atoms with E-state index in [2.05, 4.69) is 10.3 Å². The third-order valence-electron chi connectivity index (χ3n) is 3.82. The van der Waals surface area contributed by atoms with Gasteiger partial charge in [-0.3, -0.25) is 9.36 Å². The lowest BCUT2D eigenvalue weighted by molar-refractivity contribution is 0.0756. The van der Waals surface area contributed by atoms with Crippen LogP contribution in [0.25, 0.3) is 0 Å². The zero-order valence-corrected chi connectivity index (χ0v) is 12.3. The predicted molar refractivity (Wildman–Crippen MR) is 73.1 cm³/mol. The van der Waals surface area contributed by atoms with Crippen molar-refractivity contribution in [3.8, 4) is 0 Å². The highest BCUT2D eigenvalue weighted by Crippen LogP contribution is 2.16. The fourth-order valence-electron chi connectivity index (χ4n) is 2.68. The summed E-state index contributed by atoms with van der Waals surface area (Å²) in [4.78, 5) is 26.2. The lowest BCUT2D eigenvalue weighted by Crippen LogP contribution is -2.35. The highest BCUT2D eigenvalue weighted by molar-refractivity contribution is 5.96. The monoisotopic (exact) mass is 291 g/mol. The lowest BCUT2D eigenvalue weighted by Gasteiger charge is -2.19. The van der Waals surface area contributed by atoms with Crippen LogP contribution < -0.4 is 5.69 Å². The van der Waals surface area contributed by atoms with Crippen LogP contribution in [0, 0.1) is 13.8 Å². The first-order valence-electron chi connectivity index (χ1n) is 6.84. The van der Waals surface area contributed by atoms with Crippen LogP contribution in [0.4, 0.5) is 0 Å². The lowest BCUT2D eigenvalue weighted by atomic mass is 10.1. The van der Waals surface area contributed by atoms with Crippen LogP contribution >= 0.6 is 0 Å². The quantitative estimate of drug-likeness (QED) is 0.731. The average molecular weight is 291 g/mol. The smallest absolute Gasteiger partial charge is 0.345 e. The van der Waals surface area contributed by atoms with Crippen LogP contribution in [0.2, 0.25) is 0 Å². The normalized spacial score (nSPS) is 14.9. The summed E-state index contributed by atoms with van der Waals surface area (Å²) in [5, 5.41) is 8.02. The molecule has 0 unspecified atom stereocenters. The molecule has 3 heterocycles. The molecule has 1 amide bonds. The van der Waals surface area contributed by atoms with Gasteiger partial charge in [0.15, 0.2) is 0 Å². The fraction of sp³-hybridized carbons (Fsp3) is 0.538. The third-order valence-corrected chi connectivity index (χ3v) is 3.82. The second-order valence-corrected chi connectivity index (χ2v) is 5.22. The maximum Gasteiger partial charge on any atom is 0.345 e. The number of amides is 1. The molecule has 8 nitrogen and oxygen atoms in total. The molecular weight excluding hydrogens is 274 g/mol. The summed E-state index contributed by atoms with van der Waals surface area (Å²) in [5.41, 5.74) is 0.967. The highest BCUT2D eigenvalue weighted by Gasteiger charge is 2.26. The molecular formula is C13H17N5O3. The fourth-order valence-corrected chi connectivity index (χ4v) is 2.68. The first-order chi connectivity index (χ1) is 9.99. The Labute approximate surface area is 120 Å². The molecule has 0 saturated heterocycles. The Bertz CT molecular complexity index is 735. The van der Waals surface area contributed by atoms with Crippen LogP contribution in [-0.4, -0.2) is 43.4 Å². The van der Waals surface area contributed by atoms with Gasteiger partial charge >= 0.3 is 5.69 Å². The van der Waals surface area contributed by atoms with Gasteiger partial charge in [0.05, 0.1) is 5.69 Å². The van der Waals surface area contributed by atoms with Crippen LogP contribution in [0.15, 0.2) is 9.32 Å². The van der Waals surface area contributed by atoms with Gasteiger partial charge in [-0.1, -0.05) is 5.16 Å². The number of aryl methyl sites for hydroxylation is 3. The molecule has 2 aromatic heterocycles. The number of hydrogen-bond acceptors (Lipinski definition) is 5. The van der Waals surface area contributed by atoms with Gasteiger partial charge < -0.3 is 9.42 Å². The standard InChI is InChI=1S/C13H17N5O3/c1-8-11(9(2)21-15-8)12(19)17-5-4-10-14-16(3)13(20)18(10)7-6-17/h4-7H2,1-3H3. The maximum absolute atomic E-state index is 12.6. The summed E-state index contributed by atoms with van der Waals surface area (Å²) in [5.74, 6) is 1.14. The van der Waals surface area contributed by atoms with Crippen molar-refractivity contribution in [2.75, 3.05) is 13.1 Å². The van der Waals surface area contributed by atoms with Crippen molar-refractivity contribution in [3.05, 3.63) is 33.3 Å². The molecule has 0 saturated carbocycles. The minimum absolute atomic E-state index is 0.103. The zero-order valence-electron chi connectivity index (χ0n) is 12.3.